The van der Waals surface area contributed by atoms with Crippen LogP contribution in [0.2, 0.25) is 0 Å². The summed E-state index contributed by atoms with van der Waals surface area (Å²) in [7, 11) is 0. The minimum Gasteiger partial charge on any atom is -0.460 e. The molecule has 2 aromatic rings. The van der Waals surface area contributed by atoms with Crippen molar-refractivity contribution >= 4 is 40.1 Å². The van der Waals surface area contributed by atoms with Gasteiger partial charge in [-0.1, -0.05) is 13.8 Å². The fourth-order valence-corrected chi connectivity index (χ4v) is 3.75. The second kappa shape index (κ2) is 6.03. The summed E-state index contributed by atoms with van der Waals surface area (Å²) in [5.41, 5.74) is 1.94. The Morgan fingerprint density at radius 1 is 1.32 bits per heavy atom. The lowest BCUT2D eigenvalue weighted by atomic mass is 9.95. The number of carbonyl (C=O) groups is 1. The predicted molar refractivity (Wildman–Crippen MR) is 98.3 cm³/mol. The molecule has 4 nitrogen and oxygen atoms in total. The van der Waals surface area contributed by atoms with Crippen molar-refractivity contribution < 1.29 is 13.9 Å². The molecule has 1 aromatic carbocycles. The summed E-state index contributed by atoms with van der Waals surface area (Å²) < 4.78 is 9.62. The lowest BCUT2D eigenvalue weighted by Crippen LogP contribution is -2.21. The highest BCUT2D eigenvalue weighted by molar-refractivity contribution is 6.53. The molecule has 3 rings (SSSR count). The molecule has 1 aliphatic carbocycles. The van der Waals surface area contributed by atoms with Gasteiger partial charge in [0.15, 0.2) is 0 Å². The van der Waals surface area contributed by atoms with E-state index < -0.39 is 21.3 Å². The van der Waals surface area contributed by atoms with E-state index in [1.807, 2.05) is 19.1 Å². The summed E-state index contributed by atoms with van der Waals surface area (Å²) in [4.78, 5) is 24.1. The van der Waals surface area contributed by atoms with Gasteiger partial charge < -0.3 is 9.15 Å². The molecule has 1 aliphatic rings. The van der Waals surface area contributed by atoms with Crippen molar-refractivity contribution in [1.29, 1.82) is 0 Å². The van der Waals surface area contributed by atoms with Gasteiger partial charge in [-0.05, 0) is 43.0 Å². The highest BCUT2D eigenvalue weighted by atomic mass is 35.5. The van der Waals surface area contributed by atoms with E-state index >= 15 is 0 Å². The number of alkyl halides is 2. The van der Waals surface area contributed by atoms with Crippen LogP contribution in [0.15, 0.2) is 27.4 Å². The molecule has 1 fully saturated rings. The minimum atomic E-state index is -1.08. The van der Waals surface area contributed by atoms with Crippen LogP contribution in [0.25, 0.3) is 11.0 Å². The summed E-state index contributed by atoms with van der Waals surface area (Å²) in [5, 5.41) is 0.769. The third-order valence-corrected chi connectivity index (χ3v) is 6.01. The first-order chi connectivity index (χ1) is 11.5. The molecule has 0 bridgehead atoms. The number of hydrogen-bond acceptors (Lipinski definition) is 4. The Labute approximate surface area is 156 Å². The van der Waals surface area contributed by atoms with Gasteiger partial charge in [0.05, 0.1) is 0 Å². The molecule has 0 unspecified atom stereocenters. The SMILES string of the molecule is Cc1cc2oc(=O)cc(COC(=O)[C@@]3(C)CC3(Cl)Cl)c2cc1C(C)C. The van der Waals surface area contributed by atoms with E-state index in [0.717, 1.165) is 16.5 Å². The number of carbonyl (C=O) groups excluding carboxylic acids is 1. The van der Waals surface area contributed by atoms with Gasteiger partial charge in [0.25, 0.3) is 0 Å². The Morgan fingerprint density at radius 3 is 2.52 bits per heavy atom. The van der Waals surface area contributed by atoms with Crippen molar-refractivity contribution in [2.75, 3.05) is 0 Å². The highest BCUT2D eigenvalue weighted by Gasteiger charge is 2.69. The predicted octanol–water partition coefficient (Wildman–Crippen LogP) is 4.85. The molecule has 0 N–H and O–H groups in total. The van der Waals surface area contributed by atoms with Gasteiger partial charge in [0.2, 0.25) is 0 Å². The van der Waals surface area contributed by atoms with Crippen LogP contribution in [-0.2, 0) is 16.1 Å². The molecule has 1 heterocycles. The summed E-state index contributed by atoms with van der Waals surface area (Å²) in [6.07, 6.45) is 0.357. The molecule has 0 saturated heterocycles. The van der Waals surface area contributed by atoms with E-state index in [1.54, 1.807) is 6.92 Å². The second-order valence-electron chi connectivity index (χ2n) is 7.24. The van der Waals surface area contributed by atoms with Gasteiger partial charge in [-0.2, -0.15) is 0 Å². The zero-order valence-corrected chi connectivity index (χ0v) is 16.1. The number of esters is 1. The van der Waals surface area contributed by atoms with Crippen molar-refractivity contribution in [2.45, 2.75) is 51.0 Å². The van der Waals surface area contributed by atoms with Gasteiger partial charge >= 0.3 is 11.6 Å². The molecule has 25 heavy (non-hydrogen) atoms. The molecule has 0 radical (unpaired) electrons. The Bertz CT molecular complexity index is 914. The fraction of sp³-hybridized carbons (Fsp3) is 0.474. The molecule has 1 aromatic heterocycles. The third kappa shape index (κ3) is 3.18. The van der Waals surface area contributed by atoms with Crippen LogP contribution >= 0.6 is 23.2 Å². The lowest BCUT2D eigenvalue weighted by Gasteiger charge is -2.15. The Hall–Kier alpha value is -1.52. The third-order valence-electron chi connectivity index (χ3n) is 4.91. The van der Waals surface area contributed by atoms with Crippen molar-refractivity contribution in [1.82, 2.24) is 0 Å². The number of halogens is 2. The van der Waals surface area contributed by atoms with Gasteiger partial charge in [-0.15, -0.1) is 23.2 Å². The van der Waals surface area contributed by atoms with Crippen molar-refractivity contribution in [3.05, 3.63) is 45.3 Å². The quantitative estimate of drug-likeness (QED) is 0.430. The van der Waals surface area contributed by atoms with Crippen LogP contribution in [0.5, 0.6) is 0 Å². The van der Waals surface area contributed by atoms with Gasteiger partial charge in [0, 0.05) is 23.4 Å². The van der Waals surface area contributed by atoms with E-state index in [2.05, 4.69) is 13.8 Å². The van der Waals surface area contributed by atoms with E-state index in [4.69, 9.17) is 32.4 Å². The fourth-order valence-electron chi connectivity index (χ4n) is 3.06. The zero-order chi connectivity index (χ0) is 18.6. The average molecular weight is 383 g/mol. The average Bonchev–Trinajstić information content (AvgIpc) is 3.03. The van der Waals surface area contributed by atoms with Crippen LogP contribution in [0, 0.1) is 12.3 Å². The molecule has 0 aliphatic heterocycles. The first-order valence-electron chi connectivity index (χ1n) is 8.17. The highest BCUT2D eigenvalue weighted by Crippen LogP contribution is 2.64. The summed E-state index contributed by atoms with van der Waals surface area (Å²) in [5.74, 6) is -0.139. The van der Waals surface area contributed by atoms with Crippen molar-refractivity contribution in [2.24, 2.45) is 5.41 Å². The number of aryl methyl sites for hydroxylation is 1. The summed E-state index contributed by atoms with van der Waals surface area (Å²) in [6.45, 7) is 7.83. The number of ether oxygens (including phenoxy) is 1. The Balaban J connectivity index is 1.94. The molecule has 1 atom stereocenters. The first-order valence-corrected chi connectivity index (χ1v) is 8.93. The summed E-state index contributed by atoms with van der Waals surface area (Å²) in [6, 6.07) is 5.20. The standard InChI is InChI=1S/C19H20Cl2O4/c1-10(2)13-7-14-12(6-16(22)25-15(14)5-11(13)3)8-24-17(23)18(4)9-19(18,20)21/h5-7,10H,8-9H2,1-4H3/t18-/m1/s1. The van der Waals surface area contributed by atoms with Crippen LogP contribution in [-0.4, -0.2) is 10.3 Å². The van der Waals surface area contributed by atoms with E-state index in [1.165, 1.54) is 6.07 Å². The Kier molecular flexibility index (Phi) is 4.41. The van der Waals surface area contributed by atoms with Crippen LogP contribution in [0.4, 0.5) is 0 Å². The van der Waals surface area contributed by atoms with E-state index in [9.17, 15) is 9.59 Å². The van der Waals surface area contributed by atoms with Crippen LogP contribution in [0.1, 0.15) is 49.8 Å². The molecule has 6 heteroatoms. The normalized spacial score (nSPS) is 21.6. The molecular formula is C19H20Cl2O4. The van der Waals surface area contributed by atoms with Crippen LogP contribution in [0.3, 0.4) is 0 Å². The van der Waals surface area contributed by atoms with Gasteiger partial charge in [0.1, 0.15) is 21.9 Å². The minimum absolute atomic E-state index is 0.0268. The molecule has 0 spiro atoms. The van der Waals surface area contributed by atoms with Gasteiger partial charge in [-0.3, -0.25) is 4.79 Å². The van der Waals surface area contributed by atoms with Crippen LogP contribution < -0.4 is 5.63 Å². The second-order valence-corrected chi connectivity index (χ2v) is 8.72. The van der Waals surface area contributed by atoms with E-state index in [0.29, 0.717) is 23.5 Å². The smallest absolute Gasteiger partial charge is 0.336 e. The molecule has 134 valence electrons. The van der Waals surface area contributed by atoms with Crippen molar-refractivity contribution in [3.8, 4) is 0 Å². The van der Waals surface area contributed by atoms with Gasteiger partial charge in [-0.25, -0.2) is 4.79 Å². The maximum absolute atomic E-state index is 12.3. The van der Waals surface area contributed by atoms with E-state index in [-0.39, 0.29) is 6.61 Å². The maximum atomic E-state index is 12.3. The number of benzene rings is 1. The Morgan fingerprint density at radius 2 is 1.96 bits per heavy atom. The number of rotatable bonds is 4. The molecule has 1 saturated carbocycles. The maximum Gasteiger partial charge on any atom is 0.336 e. The van der Waals surface area contributed by atoms with Crippen molar-refractivity contribution in [3.63, 3.8) is 0 Å². The largest absolute Gasteiger partial charge is 0.460 e. The molecule has 0 amide bonds. The first kappa shape index (κ1) is 18.3. The lowest BCUT2D eigenvalue weighted by molar-refractivity contribution is -0.150. The molecular weight excluding hydrogens is 363 g/mol. The number of fused-ring (bicyclic) bond motifs is 1. The topological polar surface area (TPSA) is 56.5 Å². The number of hydrogen-bond donors (Lipinski definition) is 0. The summed E-state index contributed by atoms with van der Waals surface area (Å²) >= 11 is 12.0. The zero-order valence-electron chi connectivity index (χ0n) is 14.6. The monoisotopic (exact) mass is 382 g/mol.